The summed E-state index contributed by atoms with van der Waals surface area (Å²) in [6.45, 7) is 2.89. The minimum atomic E-state index is -0.266. The number of hydrogen-bond acceptors (Lipinski definition) is 5. The van der Waals surface area contributed by atoms with Crippen molar-refractivity contribution in [3.8, 4) is 0 Å². The number of carbonyl (C=O) groups excluding carboxylic acids is 1. The molecule has 2 heterocycles. The van der Waals surface area contributed by atoms with Gasteiger partial charge in [-0.2, -0.15) is 0 Å². The van der Waals surface area contributed by atoms with E-state index in [1.165, 1.54) is 6.08 Å². The molecule has 0 aliphatic carbocycles. The number of halogens is 1. The van der Waals surface area contributed by atoms with Gasteiger partial charge in [-0.15, -0.1) is 0 Å². The Hall–Kier alpha value is -2.44. The number of ether oxygens (including phenoxy) is 1. The van der Waals surface area contributed by atoms with Crippen LogP contribution in [0, 0.1) is 0 Å². The predicted octanol–water partition coefficient (Wildman–Crippen LogP) is 2.62. The van der Waals surface area contributed by atoms with E-state index < -0.39 is 0 Å². The van der Waals surface area contributed by atoms with Crippen molar-refractivity contribution in [2.45, 2.75) is 0 Å². The summed E-state index contributed by atoms with van der Waals surface area (Å²) in [5.41, 5.74) is 1.33. The van der Waals surface area contributed by atoms with E-state index in [2.05, 4.69) is 15.3 Å². The molecule has 1 aliphatic heterocycles. The number of hydrogen-bond donors (Lipinski definition) is 1. The standard InChI is InChI=1S/C17H17ClN4O2/c18-15-4-2-1-3-13(15)5-6-16(23)21-14-11-19-17(20-12-14)22-7-9-24-10-8-22/h1-6,11-12H,7-10H2,(H,21,23)/b6-5+. The van der Waals surface area contributed by atoms with Crippen molar-refractivity contribution < 1.29 is 9.53 Å². The average Bonchev–Trinajstić information content (AvgIpc) is 2.62. The molecule has 1 fully saturated rings. The molecule has 0 saturated carbocycles. The Morgan fingerprint density at radius 1 is 1.21 bits per heavy atom. The summed E-state index contributed by atoms with van der Waals surface area (Å²) in [4.78, 5) is 22.6. The van der Waals surface area contributed by atoms with Crippen molar-refractivity contribution in [1.29, 1.82) is 0 Å². The quantitative estimate of drug-likeness (QED) is 0.863. The highest BCUT2D eigenvalue weighted by atomic mass is 35.5. The van der Waals surface area contributed by atoms with Crippen LogP contribution in [0.25, 0.3) is 6.08 Å². The van der Waals surface area contributed by atoms with Crippen LogP contribution in [0.15, 0.2) is 42.7 Å². The summed E-state index contributed by atoms with van der Waals surface area (Å²) in [5.74, 6) is 0.376. The molecule has 0 bridgehead atoms. The number of rotatable bonds is 4. The first kappa shape index (κ1) is 16.4. The largest absolute Gasteiger partial charge is 0.378 e. The molecule has 1 aromatic carbocycles. The molecule has 6 nitrogen and oxygen atoms in total. The summed E-state index contributed by atoms with van der Waals surface area (Å²) in [6.07, 6.45) is 6.29. The number of morpholine rings is 1. The maximum absolute atomic E-state index is 12.0. The zero-order chi connectivity index (χ0) is 16.8. The van der Waals surface area contributed by atoms with E-state index in [1.54, 1.807) is 24.5 Å². The van der Waals surface area contributed by atoms with Crippen LogP contribution < -0.4 is 10.2 Å². The molecular formula is C17H17ClN4O2. The third kappa shape index (κ3) is 4.31. The topological polar surface area (TPSA) is 67.4 Å². The van der Waals surface area contributed by atoms with Crippen LogP contribution >= 0.6 is 11.6 Å². The number of anilines is 2. The zero-order valence-electron chi connectivity index (χ0n) is 13.0. The summed E-state index contributed by atoms with van der Waals surface area (Å²) in [5, 5.41) is 3.32. The Labute approximate surface area is 145 Å². The second-order valence-electron chi connectivity index (χ2n) is 5.22. The lowest BCUT2D eigenvalue weighted by Gasteiger charge is -2.26. The summed E-state index contributed by atoms with van der Waals surface area (Å²) >= 11 is 6.04. The molecule has 1 N–H and O–H groups in total. The normalized spacial score (nSPS) is 14.8. The van der Waals surface area contributed by atoms with E-state index in [0.29, 0.717) is 29.9 Å². The number of benzene rings is 1. The minimum absolute atomic E-state index is 0.266. The third-order valence-electron chi connectivity index (χ3n) is 3.52. The molecule has 3 rings (SSSR count). The molecule has 7 heteroatoms. The molecule has 1 aliphatic rings. The highest BCUT2D eigenvalue weighted by Crippen LogP contribution is 2.16. The fourth-order valence-electron chi connectivity index (χ4n) is 2.27. The molecule has 0 unspecified atom stereocenters. The van der Waals surface area contributed by atoms with E-state index in [-0.39, 0.29) is 5.91 Å². The van der Waals surface area contributed by atoms with E-state index in [0.717, 1.165) is 18.7 Å². The van der Waals surface area contributed by atoms with Gasteiger partial charge in [0, 0.05) is 24.2 Å². The highest BCUT2D eigenvalue weighted by Gasteiger charge is 2.13. The van der Waals surface area contributed by atoms with Crippen LogP contribution in [-0.4, -0.2) is 42.2 Å². The number of carbonyl (C=O) groups is 1. The van der Waals surface area contributed by atoms with Gasteiger partial charge >= 0.3 is 0 Å². The van der Waals surface area contributed by atoms with E-state index in [9.17, 15) is 4.79 Å². The Balaban J connectivity index is 1.59. The highest BCUT2D eigenvalue weighted by molar-refractivity contribution is 6.32. The van der Waals surface area contributed by atoms with Gasteiger partial charge in [0.05, 0.1) is 31.3 Å². The van der Waals surface area contributed by atoms with Crippen LogP contribution in [0.4, 0.5) is 11.6 Å². The van der Waals surface area contributed by atoms with Crippen LogP contribution in [0.2, 0.25) is 5.02 Å². The first-order valence-electron chi connectivity index (χ1n) is 7.61. The molecule has 1 aromatic heterocycles. The molecule has 0 spiro atoms. The van der Waals surface area contributed by atoms with E-state index in [4.69, 9.17) is 16.3 Å². The second kappa shape index (κ2) is 7.90. The SMILES string of the molecule is O=C(/C=C/c1ccccc1Cl)Nc1cnc(N2CCOCC2)nc1. The molecule has 24 heavy (non-hydrogen) atoms. The summed E-state index contributed by atoms with van der Waals surface area (Å²) in [7, 11) is 0. The Kier molecular flexibility index (Phi) is 5.40. The van der Waals surface area contributed by atoms with Crippen LogP contribution in [0.3, 0.4) is 0 Å². The van der Waals surface area contributed by atoms with Gasteiger partial charge in [0.2, 0.25) is 11.9 Å². The fraction of sp³-hybridized carbons (Fsp3) is 0.235. The van der Waals surface area contributed by atoms with Crippen molar-refractivity contribution in [2.24, 2.45) is 0 Å². The Bertz CT molecular complexity index is 728. The second-order valence-corrected chi connectivity index (χ2v) is 5.62. The van der Waals surface area contributed by atoms with Crippen molar-refractivity contribution in [3.05, 3.63) is 53.3 Å². The smallest absolute Gasteiger partial charge is 0.248 e. The zero-order valence-corrected chi connectivity index (χ0v) is 13.7. The van der Waals surface area contributed by atoms with Crippen molar-refractivity contribution in [3.63, 3.8) is 0 Å². The van der Waals surface area contributed by atoms with Gasteiger partial charge in [-0.3, -0.25) is 4.79 Å². The van der Waals surface area contributed by atoms with E-state index >= 15 is 0 Å². The lowest BCUT2D eigenvalue weighted by molar-refractivity contribution is -0.111. The van der Waals surface area contributed by atoms with Gasteiger partial charge in [-0.05, 0) is 17.7 Å². The number of nitrogens with one attached hydrogen (secondary N) is 1. The van der Waals surface area contributed by atoms with Crippen LogP contribution in [-0.2, 0) is 9.53 Å². The van der Waals surface area contributed by atoms with Gasteiger partial charge in [-0.25, -0.2) is 9.97 Å². The van der Waals surface area contributed by atoms with Crippen molar-refractivity contribution in [1.82, 2.24) is 9.97 Å². The monoisotopic (exact) mass is 344 g/mol. The maximum atomic E-state index is 12.0. The van der Waals surface area contributed by atoms with Gasteiger partial charge in [0.15, 0.2) is 0 Å². The molecule has 0 radical (unpaired) electrons. The molecule has 0 atom stereocenters. The predicted molar refractivity (Wildman–Crippen MR) is 94.2 cm³/mol. The maximum Gasteiger partial charge on any atom is 0.248 e. The van der Waals surface area contributed by atoms with Gasteiger partial charge < -0.3 is 15.0 Å². The average molecular weight is 345 g/mol. The minimum Gasteiger partial charge on any atom is -0.378 e. The van der Waals surface area contributed by atoms with Crippen LogP contribution in [0.1, 0.15) is 5.56 Å². The lowest BCUT2D eigenvalue weighted by Crippen LogP contribution is -2.37. The van der Waals surface area contributed by atoms with Gasteiger partial charge in [0.1, 0.15) is 0 Å². The third-order valence-corrected chi connectivity index (χ3v) is 3.86. The Morgan fingerprint density at radius 3 is 2.62 bits per heavy atom. The van der Waals surface area contributed by atoms with Crippen molar-refractivity contribution >= 4 is 35.2 Å². The number of aromatic nitrogens is 2. The molecular weight excluding hydrogens is 328 g/mol. The number of nitrogens with zero attached hydrogens (tertiary/aromatic N) is 3. The van der Waals surface area contributed by atoms with Crippen molar-refractivity contribution in [2.75, 3.05) is 36.5 Å². The van der Waals surface area contributed by atoms with Crippen LogP contribution in [0.5, 0.6) is 0 Å². The number of amides is 1. The first-order valence-corrected chi connectivity index (χ1v) is 7.98. The van der Waals surface area contributed by atoms with Gasteiger partial charge in [0.25, 0.3) is 0 Å². The van der Waals surface area contributed by atoms with E-state index in [1.807, 2.05) is 23.1 Å². The van der Waals surface area contributed by atoms with Gasteiger partial charge in [-0.1, -0.05) is 29.8 Å². The molecule has 1 amide bonds. The Morgan fingerprint density at radius 2 is 1.92 bits per heavy atom. The lowest BCUT2D eigenvalue weighted by atomic mass is 10.2. The fourth-order valence-corrected chi connectivity index (χ4v) is 2.47. The molecule has 1 saturated heterocycles. The summed E-state index contributed by atoms with van der Waals surface area (Å²) < 4.78 is 5.30. The summed E-state index contributed by atoms with van der Waals surface area (Å²) in [6, 6.07) is 7.32. The first-order chi connectivity index (χ1) is 11.7. The molecule has 2 aromatic rings. The molecule has 124 valence electrons.